The van der Waals surface area contributed by atoms with Crippen LogP contribution < -0.4 is 0 Å². The van der Waals surface area contributed by atoms with Gasteiger partial charge in [-0.1, -0.05) is 247 Å². The molecule has 0 saturated heterocycles. The van der Waals surface area contributed by atoms with Crippen molar-refractivity contribution in [2.24, 2.45) is 17.8 Å². The number of esters is 3. The smallest absolute Gasteiger partial charge is 0.305 e. The number of hydrogen-bond donors (Lipinski definition) is 0. The van der Waals surface area contributed by atoms with Crippen molar-refractivity contribution in [1.29, 1.82) is 0 Å². The Hall–Kier alpha value is -1.63. The summed E-state index contributed by atoms with van der Waals surface area (Å²) < 4.78 is 17.6. The molecule has 0 aliphatic carbocycles. The van der Waals surface area contributed by atoms with E-state index in [4.69, 9.17) is 14.2 Å². The van der Waals surface area contributed by atoms with Crippen LogP contribution in [0.1, 0.15) is 343 Å². The maximum absolute atomic E-state index is 12.9. The summed E-state index contributed by atoms with van der Waals surface area (Å²) in [6, 6.07) is 0. The average molecular weight is 1020 g/mol. The third kappa shape index (κ3) is 50.5. The quantitative estimate of drug-likeness (QED) is 0.0341. The molecule has 0 aromatic rings. The fraction of sp³-hybridized carbons (Fsp3) is 0.954. The van der Waals surface area contributed by atoms with Crippen molar-refractivity contribution in [1.82, 2.24) is 4.90 Å². The molecular formula is C65H127NO6. The van der Waals surface area contributed by atoms with Crippen molar-refractivity contribution in [2.45, 2.75) is 343 Å². The first-order chi connectivity index (χ1) is 35.3. The number of carbonyl (C=O) groups excluding carboxylic acids is 3. The van der Waals surface area contributed by atoms with Crippen LogP contribution in [0.15, 0.2) is 0 Å². The highest BCUT2D eigenvalue weighted by Gasteiger charge is 2.16. The highest BCUT2D eigenvalue weighted by molar-refractivity contribution is 5.69. The molecule has 428 valence electrons. The Balaban J connectivity index is 4.91. The van der Waals surface area contributed by atoms with Crippen molar-refractivity contribution in [3.8, 4) is 0 Å². The van der Waals surface area contributed by atoms with Gasteiger partial charge in [-0.2, -0.15) is 0 Å². The first-order valence-corrected chi connectivity index (χ1v) is 32.5. The molecule has 72 heavy (non-hydrogen) atoms. The van der Waals surface area contributed by atoms with Crippen LogP contribution in [0.2, 0.25) is 0 Å². The number of carbonyl (C=O) groups is 3. The second kappa shape index (κ2) is 57.1. The lowest BCUT2D eigenvalue weighted by Crippen LogP contribution is -2.27. The second-order valence-electron chi connectivity index (χ2n) is 22.8. The number of nitrogens with zero attached hydrogens (tertiary/aromatic N) is 1. The maximum Gasteiger partial charge on any atom is 0.305 e. The molecule has 3 unspecified atom stereocenters. The van der Waals surface area contributed by atoms with Crippen LogP contribution in [0, 0.1) is 17.8 Å². The minimum absolute atomic E-state index is 0.00398. The molecule has 0 aromatic carbocycles. The molecule has 0 aliphatic rings. The Morgan fingerprint density at radius 1 is 0.264 bits per heavy atom. The monoisotopic (exact) mass is 1020 g/mol. The van der Waals surface area contributed by atoms with E-state index < -0.39 is 0 Å². The fourth-order valence-electron chi connectivity index (χ4n) is 10.5. The van der Waals surface area contributed by atoms with Gasteiger partial charge in [0.1, 0.15) is 0 Å². The van der Waals surface area contributed by atoms with Crippen molar-refractivity contribution in [3.63, 3.8) is 0 Å². The van der Waals surface area contributed by atoms with Gasteiger partial charge in [-0.15, -0.1) is 0 Å². The molecule has 0 fully saturated rings. The molecule has 7 nitrogen and oxygen atoms in total. The Morgan fingerprint density at radius 2 is 0.472 bits per heavy atom. The molecule has 0 saturated carbocycles. The Labute approximate surface area is 450 Å². The Bertz CT molecular complexity index is 1070. The van der Waals surface area contributed by atoms with Crippen LogP contribution in [-0.2, 0) is 28.6 Å². The third-order valence-corrected chi connectivity index (χ3v) is 15.6. The van der Waals surface area contributed by atoms with Crippen LogP contribution in [0.25, 0.3) is 0 Å². The summed E-state index contributed by atoms with van der Waals surface area (Å²) in [5, 5.41) is 0. The summed E-state index contributed by atoms with van der Waals surface area (Å²) in [6.07, 6.45) is 55.2. The molecule has 0 spiro atoms. The predicted molar refractivity (Wildman–Crippen MR) is 311 cm³/mol. The molecule has 0 heterocycles. The van der Waals surface area contributed by atoms with E-state index in [0.29, 0.717) is 56.8 Å². The molecule has 7 heteroatoms. The predicted octanol–water partition coefficient (Wildman–Crippen LogP) is 20.2. The zero-order valence-corrected chi connectivity index (χ0v) is 49.6. The molecule has 0 aliphatic heterocycles. The summed E-state index contributed by atoms with van der Waals surface area (Å²) >= 11 is 0. The summed E-state index contributed by atoms with van der Waals surface area (Å²) in [4.78, 5) is 41.0. The minimum Gasteiger partial charge on any atom is -0.465 e. The third-order valence-electron chi connectivity index (χ3n) is 15.6. The van der Waals surface area contributed by atoms with E-state index in [-0.39, 0.29) is 17.9 Å². The number of ether oxygens (including phenoxy) is 3. The van der Waals surface area contributed by atoms with Crippen molar-refractivity contribution in [2.75, 3.05) is 39.5 Å². The van der Waals surface area contributed by atoms with E-state index in [1.54, 1.807) is 0 Å². The highest BCUT2D eigenvalue weighted by atomic mass is 16.5. The van der Waals surface area contributed by atoms with Gasteiger partial charge < -0.3 is 19.1 Å². The van der Waals surface area contributed by atoms with Gasteiger partial charge in [-0.3, -0.25) is 14.4 Å². The molecule has 0 amide bonds. The molecular weight excluding hydrogens is 891 g/mol. The molecule has 3 atom stereocenters. The van der Waals surface area contributed by atoms with E-state index in [0.717, 1.165) is 71.0 Å². The molecule has 0 aromatic heterocycles. The van der Waals surface area contributed by atoms with Crippen LogP contribution >= 0.6 is 0 Å². The van der Waals surface area contributed by atoms with Gasteiger partial charge in [0.2, 0.25) is 0 Å². The van der Waals surface area contributed by atoms with Gasteiger partial charge in [0.15, 0.2) is 0 Å². The van der Waals surface area contributed by atoms with Crippen LogP contribution in [-0.4, -0.2) is 62.3 Å². The van der Waals surface area contributed by atoms with E-state index in [9.17, 15) is 14.4 Å². The van der Waals surface area contributed by atoms with Crippen molar-refractivity contribution >= 4 is 17.9 Å². The van der Waals surface area contributed by atoms with Crippen molar-refractivity contribution < 1.29 is 28.6 Å². The summed E-state index contributed by atoms with van der Waals surface area (Å²) in [6.45, 7) is 18.6. The number of unbranched alkanes of at least 4 members (excludes halogenated alkanes) is 29. The minimum atomic E-state index is -0.00621. The number of rotatable bonds is 59. The topological polar surface area (TPSA) is 82.1 Å². The van der Waals surface area contributed by atoms with Gasteiger partial charge in [0.05, 0.1) is 19.8 Å². The van der Waals surface area contributed by atoms with Gasteiger partial charge in [-0.25, -0.2) is 0 Å². The average Bonchev–Trinajstić information content (AvgIpc) is 3.38. The van der Waals surface area contributed by atoms with Gasteiger partial charge in [-0.05, 0) is 114 Å². The molecule has 0 bridgehead atoms. The van der Waals surface area contributed by atoms with Crippen molar-refractivity contribution in [3.05, 3.63) is 0 Å². The summed E-state index contributed by atoms with van der Waals surface area (Å²) in [5.41, 5.74) is 0. The van der Waals surface area contributed by atoms with E-state index in [1.807, 2.05) is 0 Å². The first-order valence-electron chi connectivity index (χ1n) is 32.5. The largest absolute Gasteiger partial charge is 0.465 e. The first kappa shape index (κ1) is 70.4. The van der Waals surface area contributed by atoms with Crippen LogP contribution in [0.5, 0.6) is 0 Å². The lowest BCUT2D eigenvalue weighted by Gasteiger charge is -2.22. The Kier molecular flexibility index (Phi) is 55.8. The van der Waals surface area contributed by atoms with E-state index in [1.165, 1.54) is 231 Å². The number of hydrogen-bond acceptors (Lipinski definition) is 7. The zero-order chi connectivity index (χ0) is 52.6. The maximum atomic E-state index is 12.9. The lowest BCUT2D eigenvalue weighted by molar-refractivity contribution is -0.146. The van der Waals surface area contributed by atoms with Crippen LogP contribution in [0.4, 0.5) is 0 Å². The van der Waals surface area contributed by atoms with E-state index >= 15 is 0 Å². The van der Waals surface area contributed by atoms with Gasteiger partial charge in [0, 0.05) is 19.3 Å². The lowest BCUT2D eigenvalue weighted by atomic mass is 9.95. The second-order valence-corrected chi connectivity index (χ2v) is 22.8. The normalized spacial score (nSPS) is 12.9. The summed E-state index contributed by atoms with van der Waals surface area (Å²) in [7, 11) is 0. The van der Waals surface area contributed by atoms with Crippen LogP contribution in [0.3, 0.4) is 0 Å². The Morgan fingerprint density at radius 3 is 0.764 bits per heavy atom. The SMILES string of the molecule is CCCCCCCCC(CCCCCC)COC(=O)CCCCCN(CCCCCCCCC(=O)OCC(CCCC)CCCCCC)CCCCCC(=O)OCC(CCCCCC)CCCCCCCC. The fourth-order valence-corrected chi connectivity index (χ4v) is 10.5. The van der Waals surface area contributed by atoms with E-state index in [2.05, 4.69) is 46.4 Å². The van der Waals surface area contributed by atoms with Gasteiger partial charge in [0.25, 0.3) is 0 Å². The standard InChI is InChI=1S/C65H127NO6/c1-7-13-19-24-28-37-49-61(47-35-22-16-10-4)58-71-64(68)52-40-32-43-55-66(54-42-31-27-26-30-39-51-63(67)70-57-60(45-18-12-6)46-34-21-15-9-3)56-44-33-41-53-65(69)72-59-62(48-36-23-17-11-5)50-38-29-25-20-14-8-2/h60-62H,7-59H2,1-6H3. The highest BCUT2D eigenvalue weighted by Crippen LogP contribution is 2.23. The summed E-state index contributed by atoms with van der Waals surface area (Å²) in [5.74, 6) is 1.54. The van der Waals surface area contributed by atoms with Gasteiger partial charge >= 0.3 is 17.9 Å². The molecule has 0 rings (SSSR count). The molecule has 0 N–H and O–H groups in total. The zero-order valence-electron chi connectivity index (χ0n) is 49.6. The molecule has 0 radical (unpaired) electrons.